The zero-order chi connectivity index (χ0) is 10.4. The van der Waals surface area contributed by atoms with Crippen LogP contribution in [-0.4, -0.2) is 13.7 Å². The molecule has 0 saturated heterocycles. The summed E-state index contributed by atoms with van der Waals surface area (Å²) in [4.78, 5) is 0. The summed E-state index contributed by atoms with van der Waals surface area (Å²) in [7, 11) is 1.46. The molecule has 0 radical (unpaired) electrons. The van der Waals surface area contributed by atoms with Crippen LogP contribution in [0.5, 0.6) is 5.75 Å². The van der Waals surface area contributed by atoms with Crippen LogP contribution >= 0.6 is 0 Å². The molecule has 78 valence electrons. The van der Waals surface area contributed by atoms with Crippen molar-refractivity contribution in [3.05, 3.63) is 24.0 Å². The molecule has 1 aromatic rings. The first-order chi connectivity index (χ1) is 6.77. The maximum Gasteiger partial charge on any atom is 0.167 e. The van der Waals surface area contributed by atoms with E-state index in [1.54, 1.807) is 6.07 Å². The van der Waals surface area contributed by atoms with Gasteiger partial charge in [0, 0.05) is 18.3 Å². The molecule has 0 bridgehead atoms. The van der Waals surface area contributed by atoms with Gasteiger partial charge < -0.3 is 10.1 Å². The van der Waals surface area contributed by atoms with E-state index in [4.69, 9.17) is 4.74 Å². The van der Waals surface area contributed by atoms with E-state index in [9.17, 15) is 4.39 Å². The summed E-state index contributed by atoms with van der Waals surface area (Å²) >= 11 is 0. The first-order valence-corrected chi connectivity index (χ1v) is 4.85. The lowest BCUT2D eigenvalue weighted by Gasteiger charge is -2.07. The fourth-order valence-corrected chi connectivity index (χ4v) is 1.19. The Balaban J connectivity index is 2.57. The maximum absolute atomic E-state index is 13.2. The number of ether oxygens (including phenoxy) is 1. The predicted octanol–water partition coefficient (Wildman–Crippen LogP) is 3.05. The summed E-state index contributed by atoms with van der Waals surface area (Å²) in [6.45, 7) is 3.00. The lowest BCUT2D eigenvalue weighted by Crippen LogP contribution is -2.01. The molecule has 0 spiro atoms. The molecule has 0 aliphatic heterocycles. The molecule has 0 fully saturated rings. The number of unbranched alkanes of at least 4 members (excludes halogenated alkanes) is 1. The molecule has 2 nitrogen and oxygen atoms in total. The van der Waals surface area contributed by atoms with Crippen LogP contribution < -0.4 is 10.1 Å². The molecule has 0 aliphatic carbocycles. The highest BCUT2D eigenvalue weighted by molar-refractivity contribution is 5.47. The first kappa shape index (κ1) is 10.8. The zero-order valence-corrected chi connectivity index (χ0v) is 8.64. The minimum Gasteiger partial charge on any atom is -0.494 e. The molecule has 1 N–H and O–H groups in total. The van der Waals surface area contributed by atoms with Gasteiger partial charge in [0.2, 0.25) is 0 Å². The minimum absolute atomic E-state index is 0.283. The molecular formula is C11H16FNO. The molecule has 1 rings (SSSR count). The van der Waals surface area contributed by atoms with Gasteiger partial charge in [-0.15, -0.1) is 0 Å². The Bertz CT molecular complexity index is 289. The second-order valence-electron chi connectivity index (χ2n) is 3.13. The van der Waals surface area contributed by atoms with Gasteiger partial charge in [-0.25, -0.2) is 4.39 Å². The molecular weight excluding hydrogens is 181 g/mol. The van der Waals surface area contributed by atoms with Gasteiger partial charge in [-0.1, -0.05) is 13.3 Å². The van der Waals surface area contributed by atoms with Gasteiger partial charge in [-0.05, 0) is 18.6 Å². The highest BCUT2D eigenvalue weighted by atomic mass is 19.1. The van der Waals surface area contributed by atoms with Crippen LogP contribution in [0.15, 0.2) is 18.2 Å². The molecule has 0 aliphatic rings. The summed E-state index contributed by atoms with van der Waals surface area (Å²) in [5, 5.41) is 3.14. The second kappa shape index (κ2) is 5.47. The summed E-state index contributed by atoms with van der Waals surface area (Å²) in [6, 6.07) is 4.90. The van der Waals surface area contributed by atoms with Crippen LogP contribution in [0.4, 0.5) is 10.1 Å². The van der Waals surface area contributed by atoms with Gasteiger partial charge in [0.15, 0.2) is 11.6 Å². The van der Waals surface area contributed by atoms with Crippen molar-refractivity contribution < 1.29 is 9.13 Å². The number of rotatable bonds is 5. The van der Waals surface area contributed by atoms with Crippen molar-refractivity contribution >= 4 is 5.69 Å². The topological polar surface area (TPSA) is 21.3 Å². The van der Waals surface area contributed by atoms with Crippen molar-refractivity contribution in [1.82, 2.24) is 0 Å². The average Bonchev–Trinajstić information content (AvgIpc) is 2.18. The molecule has 3 heteroatoms. The van der Waals surface area contributed by atoms with E-state index < -0.39 is 0 Å². The van der Waals surface area contributed by atoms with Gasteiger partial charge in [-0.3, -0.25) is 0 Å². The first-order valence-electron chi connectivity index (χ1n) is 4.85. The standard InChI is InChI=1S/C11H16FNO/c1-3-4-7-13-9-5-6-11(14-2)10(12)8-9/h5-6,8,13H,3-4,7H2,1-2H3. The highest BCUT2D eigenvalue weighted by Gasteiger charge is 2.02. The maximum atomic E-state index is 13.2. The highest BCUT2D eigenvalue weighted by Crippen LogP contribution is 2.20. The van der Waals surface area contributed by atoms with Crippen LogP contribution in [0.2, 0.25) is 0 Å². The Morgan fingerprint density at radius 1 is 1.43 bits per heavy atom. The Hall–Kier alpha value is -1.25. The van der Waals surface area contributed by atoms with E-state index >= 15 is 0 Å². The third-order valence-corrected chi connectivity index (χ3v) is 2.01. The normalized spacial score (nSPS) is 9.93. The number of hydrogen-bond acceptors (Lipinski definition) is 2. The van der Waals surface area contributed by atoms with Crippen molar-refractivity contribution in [2.45, 2.75) is 19.8 Å². The van der Waals surface area contributed by atoms with E-state index in [1.807, 2.05) is 6.07 Å². The fourth-order valence-electron chi connectivity index (χ4n) is 1.19. The van der Waals surface area contributed by atoms with Gasteiger partial charge in [-0.2, -0.15) is 0 Å². The third-order valence-electron chi connectivity index (χ3n) is 2.01. The predicted molar refractivity (Wildman–Crippen MR) is 56.3 cm³/mol. The Labute approximate surface area is 84.1 Å². The monoisotopic (exact) mass is 197 g/mol. The van der Waals surface area contributed by atoms with Crippen LogP contribution in [0, 0.1) is 5.82 Å². The van der Waals surface area contributed by atoms with E-state index in [0.29, 0.717) is 0 Å². The summed E-state index contributed by atoms with van der Waals surface area (Å²) in [6.07, 6.45) is 2.22. The Kier molecular flexibility index (Phi) is 4.23. The number of methoxy groups -OCH3 is 1. The lowest BCUT2D eigenvalue weighted by molar-refractivity contribution is 0.386. The van der Waals surface area contributed by atoms with Crippen molar-refractivity contribution in [3.63, 3.8) is 0 Å². The van der Waals surface area contributed by atoms with Crippen LogP contribution in [0.25, 0.3) is 0 Å². The van der Waals surface area contributed by atoms with Gasteiger partial charge in [0.1, 0.15) is 0 Å². The largest absolute Gasteiger partial charge is 0.494 e. The molecule has 0 aromatic heterocycles. The van der Waals surface area contributed by atoms with Gasteiger partial charge >= 0.3 is 0 Å². The van der Waals surface area contributed by atoms with Crippen LogP contribution in [-0.2, 0) is 0 Å². The van der Waals surface area contributed by atoms with Gasteiger partial charge in [0.25, 0.3) is 0 Å². The van der Waals surface area contributed by atoms with E-state index in [0.717, 1.165) is 25.1 Å². The lowest BCUT2D eigenvalue weighted by atomic mass is 10.2. The van der Waals surface area contributed by atoms with Crippen LogP contribution in [0.3, 0.4) is 0 Å². The van der Waals surface area contributed by atoms with Gasteiger partial charge in [0.05, 0.1) is 7.11 Å². The summed E-state index contributed by atoms with van der Waals surface area (Å²) in [5.74, 6) is -0.0416. The van der Waals surface area contributed by atoms with Crippen molar-refractivity contribution in [3.8, 4) is 5.75 Å². The fraction of sp³-hybridized carbons (Fsp3) is 0.455. The van der Waals surface area contributed by atoms with E-state index in [-0.39, 0.29) is 11.6 Å². The van der Waals surface area contributed by atoms with Crippen LogP contribution in [0.1, 0.15) is 19.8 Å². The molecule has 0 heterocycles. The molecule has 0 unspecified atom stereocenters. The smallest absolute Gasteiger partial charge is 0.167 e. The number of anilines is 1. The molecule has 1 aromatic carbocycles. The Morgan fingerprint density at radius 3 is 2.79 bits per heavy atom. The SMILES string of the molecule is CCCCNc1ccc(OC)c(F)c1. The number of hydrogen-bond donors (Lipinski definition) is 1. The average molecular weight is 197 g/mol. The van der Waals surface area contributed by atoms with Crippen molar-refractivity contribution in [2.24, 2.45) is 0 Å². The minimum atomic E-state index is -0.325. The number of benzene rings is 1. The number of halogens is 1. The summed E-state index contributed by atoms with van der Waals surface area (Å²) in [5.41, 5.74) is 0.803. The molecule has 0 saturated carbocycles. The number of nitrogens with one attached hydrogen (secondary N) is 1. The third kappa shape index (κ3) is 2.91. The quantitative estimate of drug-likeness (QED) is 0.732. The van der Waals surface area contributed by atoms with Crippen molar-refractivity contribution in [1.29, 1.82) is 0 Å². The van der Waals surface area contributed by atoms with Crippen molar-refractivity contribution in [2.75, 3.05) is 19.0 Å². The summed E-state index contributed by atoms with van der Waals surface area (Å²) < 4.78 is 18.0. The molecule has 0 amide bonds. The molecule has 14 heavy (non-hydrogen) atoms. The van der Waals surface area contributed by atoms with E-state index in [1.165, 1.54) is 13.2 Å². The van der Waals surface area contributed by atoms with E-state index in [2.05, 4.69) is 12.2 Å². The second-order valence-corrected chi connectivity index (χ2v) is 3.13. The zero-order valence-electron chi connectivity index (χ0n) is 8.64. The Morgan fingerprint density at radius 2 is 2.21 bits per heavy atom. The molecule has 0 atom stereocenters.